The lowest BCUT2D eigenvalue weighted by Crippen LogP contribution is -2.47. The molecule has 0 aromatic heterocycles. The van der Waals surface area contributed by atoms with Crippen LogP contribution in [-0.2, 0) is 0 Å². The highest BCUT2D eigenvalue weighted by atomic mass is 79.9. The lowest BCUT2D eigenvalue weighted by Gasteiger charge is -2.37. The van der Waals surface area contributed by atoms with Gasteiger partial charge in [0.25, 0.3) is 5.91 Å². The number of hydrogen-bond acceptors (Lipinski definition) is 3. The summed E-state index contributed by atoms with van der Waals surface area (Å²) in [5.74, 6) is 0.109. The lowest BCUT2D eigenvalue weighted by molar-refractivity contribution is 0.1000. The lowest BCUT2D eigenvalue weighted by atomic mass is 9.95. The van der Waals surface area contributed by atoms with Gasteiger partial charge in [0.15, 0.2) is 0 Å². The number of benzene rings is 1. The Morgan fingerprint density at radius 3 is 2.78 bits per heavy atom. The van der Waals surface area contributed by atoms with Crippen LogP contribution in [0.1, 0.15) is 23.7 Å². The van der Waals surface area contributed by atoms with Gasteiger partial charge < -0.3 is 16.4 Å². The molecule has 1 heterocycles. The predicted octanol–water partition coefficient (Wildman–Crippen LogP) is 1.72. The molecule has 1 aliphatic rings. The van der Waals surface area contributed by atoms with Crippen LogP contribution in [0.3, 0.4) is 0 Å². The minimum atomic E-state index is -0.413. The van der Waals surface area contributed by atoms with Crippen LogP contribution in [-0.4, -0.2) is 25.0 Å². The number of nitrogens with two attached hydrogens (primary N) is 2. The second-order valence-electron chi connectivity index (χ2n) is 5.00. The Balaban J connectivity index is 2.38. The van der Waals surface area contributed by atoms with Gasteiger partial charge in [0.1, 0.15) is 0 Å². The number of halogens is 1. The summed E-state index contributed by atoms with van der Waals surface area (Å²) in [6.45, 7) is 3.85. The van der Waals surface area contributed by atoms with Crippen molar-refractivity contribution < 1.29 is 4.79 Å². The Kier molecular flexibility index (Phi) is 3.92. The molecule has 2 rings (SSSR count). The Morgan fingerprint density at radius 2 is 2.17 bits per heavy atom. The van der Waals surface area contributed by atoms with E-state index in [1.807, 2.05) is 18.2 Å². The Bertz CT molecular complexity index is 454. The summed E-state index contributed by atoms with van der Waals surface area (Å²) in [4.78, 5) is 13.7. The number of anilines is 1. The molecule has 18 heavy (non-hydrogen) atoms. The molecule has 1 saturated heterocycles. The van der Waals surface area contributed by atoms with E-state index in [1.54, 1.807) is 0 Å². The first kappa shape index (κ1) is 13.4. The number of rotatable bonds is 2. The molecule has 0 spiro atoms. The van der Waals surface area contributed by atoms with Gasteiger partial charge in [-0.1, -0.05) is 13.0 Å². The van der Waals surface area contributed by atoms with E-state index < -0.39 is 5.91 Å². The summed E-state index contributed by atoms with van der Waals surface area (Å²) in [6.07, 6.45) is 1.02. The average molecular weight is 312 g/mol. The van der Waals surface area contributed by atoms with Gasteiger partial charge in [0.05, 0.1) is 11.3 Å². The maximum atomic E-state index is 11.6. The third-order valence-corrected chi connectivity index (χ3v) is 3.93. The number of hydrogen-bond donors (Lipinski definition) is 2. The fraction of sp³-hybridized carbons (Fsp3) is 0.462. The molecule has 2 atom stereocenters. The zero-order valence-electron chi connectivity index (χ0n) is 10.4. The monoisotopic (exact) mass is 311 g/mol. The number of carbonyl (C=O) groups is 1. The maximum absolute atomic E-state index is 11.6. The normalized spacial score (nSPS) is 24.1. The Labute approximate surface area is 115 Å². The van der Waals surface area contributed by atoms with Gasteiger partial charge in [-0.05, 0) is 40.4 Å². The van der Waals surface area contributed by atoms with Gasteiger partial charge in [-0.3, -0.25) is 4.79 Å². The van der Waals surface area contributed by atoms with Crippen molar-refractivity contribution in [2.45, 2.75) is 19.4 Å². The Morgan fingerprint density at radius 1 is 1.44 bits per heavy atom. The van der Waals surface area contributed by atoms with E-state index in [0.29, 0.717) is 11.5 Å². The van der Waals surface area contributed by atoms with E-state index in [-0.39, 0.29) is 6.04 Å². The minimum Gasteiger partial charge on any atom is -0.369 e. The first-order chi connectivity index (χ1) is 8.49. The molecule has 0 saturated carbocycles. The number of carbonyl (C=O) groups excluding carboxylic acids is 1. The van der Waals surface area contributed by atoms with Crippen LogP contribution >= 0.6 is 15.9 Å². The van der Waals surface area contributed by atoms with Gasteiger partial charge in [-0.15, -0.1) is 0 Å². The van der Waals surface area contributed by atoms with Crippen molar-refractivity contribution in [1.82, 2.24) is 0 Å². The van der Waals surface area contributed by atoms with Crippen LogP contribution in [0.25, 0.3) is 0 Å². The van der Waals surface area contributed by atoms with E-state index in [4.69, 9.17) is 11.5 Å². The first-order valence-electron chi connectivity index (χ1n) is 6.08. The second kappa shape index (κ2) is 5.28. The van der Waals surface area contributed by atoms with Crippen molar-refractivity contribution >= 4 is 27.5 Å². The zero-order chi connectivity index (χ0) is 13.3. The standard InChI is InChI=1S/C13H18BrN3O/c1-8-5-9(15)7-17(6-8)11-4-2-3-10(14)12(11)13(16)18/h2-4,8-9H,5-7,15H2,1H3,(H2,16,18). The van der Waals surface area contributed by atoms with Gasteiger partial charge in [-0.2, -0.15) is 0 Å². The number of piperidine rings is 1. The first-order valence-corrected chi connectivity index (χ1v) is 6.87. The molecule has 5 heteroatoms. The quantitative estimate of drug-likeness (QED) is 0.873. The average Bonchev–Trinajstić information content (AvgIpc) is 2.26. The van der Waals surface area contributed by atoms with Crippen molar-refractivity contribution in [1.29, 1.82) is 0 Å². The largest absolute Gasteiger partial charge is 0.369 e. The molecule has 1 fully saturated rings. The molecule has 2 unspecified atom stereocenters. The maximum Gasteiger partial charge on any atom is 0.251 e. The van der Waals surface area contributed by atoms with Crippen molar-refractivity contribution in [2.75, 3.05) is 18.0 Å². The van der Waals surface area contributed by atoms with Crippen molar-refractivity contribution in [3.8, 4) is 0 Å². The van der Waals surface area contributed by atoms with E-state index >= 15 is 0 Å². The van der Waals surface area contributed by atoms with Gasteiger partial charge in [0.2, 0.25) is 0 Å². The SMILES string of the molecule is CC1CC(N)CN(c2cccc(Br)c2C(N)=O)C1. The molecule has 1 aliphatic heterocycles. The summed E-state index contributed by atoms with van der Waals surface area (Å²) in [5, 5.41) is 0. The van der Waals surface area contributed by atoms with Crippen molar-refractivity contribution in [2.24, 2.45) is 17.4 Å². The van der Waals surface area contributed by atoms with E-state index in [1.165, 1.54) is 0 Å². The van der Waals surface area contributed by atoms with Gasteiger partial charge in [0, 0.05) is 23.6 Å². The fourth-order valence-corrected chi connectivity index (χ4v) is 3.17. The van der Waals surface area contributed by atoms with Crippen LogP contribution < -0.4 is 16.4 Å². The van der Waals surface area contributed by atoms with Crippen LogP contribution in [0.4, 0.5) is 5.69 Å². The van der Waals surface area contributed by atoms with Crippen molar-refractivity contribution in [3.05, 3.63) is 28.2 Å². The van der Waals surface area contributed by atoms with E-state index in [9.17, 15) is 4.79 Å². The molecule has 98 valence electrons. The smallest absolute Gasteiger partial charge is 0.251 e. The van der Waals surface area contributed by atoms with Gasteiger partial charge >= 0.3 is 0 Å². The molecule has 1 aromatic carbocycles. The summed E-state index contributed by atoms with van der Waals surface area (Å²) >= 11 is 3.39. The fourth-order valence-electron chi connectivity index (χ4n) is 2.62. The number of primary amides is 1. The topological polar surface area (TPSA) is 72.3 Å². The highest BCUT2D eigenvalue weighted by Crippen LogP contribution is 2.30. The third kappa shape index (κ3) is 2.67. The van der Waals surface area contributed by atoms with Gasteiger partial charge in [-0.25, -0.2) is 0 Å². The zero-order valence-corrected chi connectivity index (χ0v) is 12.0. The molecule has 0 aliphatic carbocycles. The molecule has 0 bridgehead atoms. The minimum absolute atomic E-state index is 0.147. The summed E-state index contributed by atoms with van der Waals surface area (Å²) in [5.41, 5.74) is 12.9. The van der Waals surface area contributed by atoms with Crippen molar-refractivity contribution in [3.63, 3.8) is 0 Å². The molecule has 4 nitrogen and oxygen atoms in total. The second-order valence-corrected chi connectivity index (χ2v) is 5.86. The Hall–Kier alpha value is -1.07. The third-order valence-electron chi connectivity index (χ3n) is 3.27. The molecular formula is C13H18BrN3O. The van der Waals surface area contributed by atoms with Crippen LogP contribution in [0.15, 0.2) is 22.7 Å². The molecule has 1 amide bonds. The highest BCUT2D eigenvalue weighted by molar-refractivity contribution is 9.10. The summed E-state index contributed by atoms with van der Waals surface area (Å²) in [6, 6.07) is 5.82. The molecule has 1 aromatic rings. The summed E-state index contributed by atoms with van der Waals surface area (Å²) < 4.78 is 0.735. The molecule has 4 N–H and O–H groups in total. The van der Waals surface area contributed by atoms with Crippen LogP contribution in [0, 0.1) is 5.92 Å². The predicted molar refractivity (Wildman–Crippen MR) is 76.6 cm³/mol. The molecule has 0 radical (unpaired) electrons. The van der Waals surface area contributed by atoms with Crippen LogP contribution in [0.2, 0.25) is 0 Å². The number of nitrogens with zero attached hydrogens (tertiary/aromatic N) is 1. The van der Waals surface area contributed by atoms with E-state index in [0.717, 1.165) is 29.7 Å². The summed E-state index contributed by atoms with van der Waals surface area (Å²) in [7, 11) is 0. The van der Waals surface area contributed by atoms with E-state index in [2.05, 4.69) is 27.8 Å². The number of amides is 1. The van der Waals surface area contributed by atoms with Crippen LogP contribution in [0.5, 0.6) is 0 Å². The highest BCUT2D eigenvalue weighted by Gasteiger charge is 2.25. The molecular weight excluding hydrogens is 294 g/mol.